The van der Waals surface area contributed by atoms with Gasteiger partial charge in [0.25, 0.3) is 0 Å². The van der Waals surface area contributed by atoms with Gasteiger partial charge in [0.05, 0.1) is 5.69 Å². The van der Waals surface area contributed by atoms with Gasteiger partial charge in [-0.2, -0.15) is 5.10 Å². The average molecular weight is 264 g/mol. The van der Waals surface area contributed by atoms with Crippen LogP contribution in [-0.2, 0) is 26.4 Å². The number of hydrogen-bond acceptors (Lipinski definition) is 2. The molecule has 0 aromatic carbocycles. The fourth-order valence-corrected chi connectivity index (χ4v) is 2.51. The van der Waals surface area contributed by atoms with Crippen molar-refractivity contribution in [2.45, 2.75) is 52.6 Å². The zero-order valence-electron chi connectivity index (χ0n) is 12.3. The summed E-state index contributed by atoms with van der Waals surface area (Å²) in [7, 11) is 1.97. The number of nitrogens with zero attached hydrogens (tertiary/aromatic N) is 2. The number of aryl methyl sites for hydroxylation is 2. The first-order valence-corrected chi connectivity index (χ1v) is 7.14. The van der Waals surface area contributed by atoms with E-state index in [9.17, 15) is 4.79 Å². The molecule has 0 radical (unpaired) electrons. The third-order valence-corrected chi connectivity index (χ3v) is 3.88. The second-order valence-corrected chi connectivity index (χ2v) is 5.35. The standard InChI is InChI=1S/C14H24N4O/c1-5-11-10(13(6-2)18(4)17-11)8-15-14(19)16-12-7-9(12)3/h9,12H,5-8H2,1-4H3,(H2,15,16,19)/t9-,12+/m0/s1. The minimum absolute atomic E-state index is 0.0673. The fourth-order valence-electron chi connectivity index (χ4n) is 2.51. The maximum Gasteiger partial charge on any atom is 0.315 e. The molecule has 2 amide bonds. The number of carbonyl (C=O) groups is 1. The minimum Gasteiger partial charge on any atom is -0.335 e. The summed E-state index contributed by atoms with van der Waals surface area (Å²) in [5.41, 5.74) is 3.46. The second-order valence-electron chi connectivity index (χ2n) is 5.35. The van der Waals surface area contributed by atoms with Gasteiger partial charge < -0.3 is 10.6 Å². The Labute approximate surface area is 114 Å². The Hall–Kier alpha value is -1.52. The monoisotopic (exact) mass is 264 g/mol. The molecule has 0 spiro atoms. The van der Waals surface area contributed by atoms with Gasteiger partial charge >= 0.3 is 6.03 Å². The van der Waals surface area contributed by atoms with E-state index in [-0.39, 0.29) is 6.03 Å². The first-order chi connectivity index (χ1) is 9.06. The normalized spacial score (nSPS) is 21.3. The van der Waals surface area contributed by atoms with E-state index >= 15 is 0 Å². The number of rotatable bonds is 5. The van der Waals surface area contributed by atoms with Gasteiger partial charge in [-0.3, -0.25) is 4.68 Å². The molecule has 2 rings (SSSR count). The molecule has 5 nitrogen and oxygen atoms in total. The van der Waals surface area contributed by atoms with Crippen LogP contribution in [0.15, 0.2) is 0 Å². The van der Waals surface area contributed by atoms with Gasteiger partial charge in [-0.25, -0.2) is 4.79 Å². The van der Waals surface area contributed by atoms with Gasteiger partial charge in [0.15, 0.2) is 0 Å². The van der Waals surface area contributed by atoms with Gasteiger partial charge in [-0.05, 0) is 25.2 Å². The molecule has 0 unspecified atom stereocenters. The van der Waals surface area contributed by atoms with Crippen molar-refractivity contribution < 1.29 is 4.79 Å². The summed E-state index contributed by atoms with van der Waals surface area (Å²) in [4.78, 5) is 11.8. The minimum atomic E-state index is -0.0673. The van der Waals surface area contributed by atoms with Crippen LogP contribution >= 0.6 is 0 Å². The highest BCUT2D eigenvalue weighted by Crippen LogP contribution is 2.28. The van der Waals surface area contributed by atoms with E-state index in [1.807, 2.05) is 11.7 Å². The van der Waals surface area contributed by atoms with Crippen LogP contribution in [0.1, 0.15) is 44.1 Å². The molecule has 1 aromatic heterocycles. The van der Waals surface area contributed by atoms with Crippen molar-refractivity contribution in [2.75, 3.05) is 0 Å². The lowest BCUT2D eigenvalue weighted by Crippen LogP contribution is -2.37. The van der Waals surface area contributed by atoms with Crippen molar-refractivity contribution in [2.24, 2.45) is 13.0 Å². The Kier molecular flexibility index (Phi) is 4.12. The van der Waals surface area contributed by atoms with Crippen LogP contribution < -0.4 is 10.6 Å². The van der Waals surface area contributed by atoms with E-state index in [4.69, 9.17) is 0 Å². The first kappa shape index (κ1) is 13.9. The summed E-state index contributed by atoms with van der Waals surface area (Å²) in [6.07, 6.45) is 2.93. The zero-order chi connectivity index (χ0) is 14.0. The molecular weight excluding hydrogens is 240 g/mol. The van der Waals surface area contributed by atoms with Crippen molar-refractivity contribution in [1.29, 1.82) is 0 Å². The smallest absolute Gasteiger partial charge is 0.315 e. The van der Waals surface area contributed by atoms with Crippen molar-refractivity contribution in [3.63, 3.8) is 0 Å². The Morgan fingerprint density at radius 2 is 2.11 bits per heavy atom. The molecule has 0 aliphatic heterocycles. The highest BCUT2D eigenvalue weighted by molar-refractivity contribution is 5.74. The van der Waals surface area contributed by atoms with E-state index in [0.29, 0.717) is 18.5 Å². The summed E-state index contributed by atoms with van der Waals surface area (Å²) in [6.45, 7) is 6.92. The maximum atomic E-state index is 11.8. The molecule has 1 fully saturated rings. The second kappa shape index (κ2) is 5.63. The average Bonchev–Trinajstić information content (AvgIpc) is 2.96. The molecule has 1 aliphatic rings. The molecule has 106 valence electrons. The van der Waals surface area contributed by atoms with Crippen molar-refractivity contribution in [1.82, 2.24) is 20.4 Å². The lowest BCUT2D eigenvalue weighted by Gasteiger charge is -2.08. The van der Waals surface area contributed by atoms with E-state index in [2.05, 4.69) is 36.5 Å². The van der Waals surface area contributed by atoms with Gasteiger partial charge in [0.2, 0.25) is 0 Å². The largest absolute Gasteiger partial charge is 0.335 e. The van der Waals surface area contributed by atoms with Gasteiger partial charge in [0, 0.05) is 30.9 Å². The van der Waals surface area contributed by atoms with Crippen LogP contribution in [0.25, 0.3) is 0 Å². The molecule has 19 heavy (non-hydrogen) atoms. The van der Waals surface area contributed by atoms with E-state index < -0.39 is 0 Å². The molecule has 0 bridgehead atoms. The third kappa shape index (κ3) is 3.08. The van der Waals surface area contributed by atoms with Crippen LogP contribution in [-0.4, -0.2) is 21.9 Å². The zero-order valence-corrected chi connectivity index (χ0v) is 12.3. The summed E-state index contributed by atoms with van der Waals surface area (Å²) in [5, 5.41) is 10.4. The Morgan fingerprint density at radius 3 is 2.63 bits per heavy atom. The lowest BCUT2D eigenvalue weighted by molar-refractivity contribution is 0.239. The molecule has 1 saturated carbocycles. The SMILES string of the molecule is CCc1nn(C)c(CC)c1CNC(=O)N[C@@H]1C[C@@H]1C. The molecule has 0 saturated heterocycles. The van der Waals surface area contributed by atoms with Crippen molar-refractivity contribution >= 4 is 6.03 Å². The quantitative estimate of drug-likeness (QED) is 0.851. The van der Waals surface area contributed by atoms with Crippen LogP contribution in [0.4, 0.5) is 4.79 Å². The number of hydrogen-bond donors (Lipinski definition) is 2. The summed E-state index contributed by atoms with van der Waals surface area (Å²) in [6, 6.07) is 0.299. The molecular formula is C14H24N4O. The fraction of sp³-hybridized carbons (Fsp3) is 0.714. The number of amides is 2. The molecule has 2 atom stereocenters. The molecule has 1 aromatic rings. The third-order valence-electron chi connectivity index (χ3n) is 3.88. The summed E-state index contributed by atoms with van der Waals surface area (Å²) >= 11 is 0. The summed E-state index contributed by atoms with van der Waals surface area (Å²) in [5.74, 6) is 0.626. The van der Waals surface area contributed by atoms with Crippen LogP contribution in [0.2, 0.25) is 0 Å². The Morgan fingerprint density at radius 1 is 1.42 bits per heavy atom. The van der Waals surface area contributed by atoms with E-state index in [0.717, 1.165) is 25.0 Å². The number of carbonyl (C=O) groups excluding carboxylic acids is 1. The molecule has 2 N–H and O–H groups in total. The van der Waals surface area contributed by atoms with Crippen LogP contribution in [0.3, 0.4) is 0 Å². The number of aromatic nitrogens is 2. The van der Waals surface area contributed by atoms with Gasteiger partial charge in [-0.15, -0.1) is 0 Å². The number of nitrogens with one attached hydrogen (secondary N) is 2. The molecule has 1 heterocycles. The topological polar surface area (TPSA) is 59.0 Å². The van der Waals surface area contributed by atoms with Crippen molar-refractivity contribution in [3.05, 3.63) is 17.0 Å². The highest BCUT2D eigenvalue weighted by Gasteiger charge is 2.33. The van der Waals surface area contributed by atoms with E-state index in [1.54, 1.807) is 0 Å². The van der Waals surface area contributed by atoms with Crippen molar-refractivity contribution in [3.8, 4) is 0 Å². The number of urea groups is 1. The van der Waals surface area contributed by atoms with Crippen LogP contribution in [0, 0.1) is 5.92 Å². The maximum absolute atomic E-state index is 11.8. The van der Waals surface area contributed by atoms with Gasteiger partial charge in [-0.1, -0.05) is 20.8 Å². The Balaban J connectivity index is 1.96. The van der Waals surface area contributed by atoms with E-state index in [1.165, 1.54) is 11.3 Å². The molecule has 1 aliphatic carbocycles. The van der Waals surface area contributed by atoms with Gasteiger partial charge in [0.1, 0.15) is 0 Å². The van der Waals surface area contributed by atoms with Crippen LogP contribution in [0.5, 0.6) is 0 Å². The molecule has 5 heteroatoms. The highest BCUT2D eigenvalue weighted by atomic mass is 16.2. The summed E-state index contributed by atoms with van der Waals surface area (Å²) < 4.78 is 1.93. The predicted octanol–water partition coefficient (Wildman–Crippen LogP) is 1.75. The first-order valence-electron chi connectivity index (χ1n) is 7.14. The lowest BCUT2D eigenvalue weighted by atomic mass is 10.1. The Bertz CT molecular complexity index is 466. The predicted molar refractivity (Wildman–Crippen MR) is 74.9 cm³/mol.